The molecule has 0 bridgehead atoms. The van der Waals surface area contributed by atoms with Crippen LogP contribution in [0, 0.1) is 0 Å². The van der Waals surface area contributed by atoms with E-state index in [1.54, 1.807) is 19.2 Å². The second-order valence-corrected chi connectivity index (χ2v) is 9.65. The minimum absolute atomic E-state index is 0.0538. The van der Waals surface area contributed by atoms with Crippen molar-refractivity contribution >= 4 is 37.5 Å². The first kappa shape index (κ1) is 21.2. The van der Waals surface area contributed by atoms with Gasteiger partial charge in [0.25, 0.3) is 5.91 Å². The molecule has 0 aliphatic rings. The zero-order valence-corrected chi connectivity index (χ0v) is 18.7. The normalized spacial score (nSPS) is 11.5. The van der Waals surface area contributed by atoms with Gasteiger partial charge in [0.15, 0.2) is 0 Å². The zero-order valence-electron chi connectivity index (χ0n) is 16.3. The van der Waals surface area contributed by atoms with Gasteiger partial charge in [0.1, 0.15) is 0 Å². The molecular weight excluding hydrogens is 452 g/mol. The molecule has 0 atom stereocenters. The third-order valence-electron chi connectivity index (χ3n) is 4.59. The van der Waals surface area contributed by atoms with Crippen LogP contribution in [0.25, 0.3) is 11.1 Å². The van der Waals surface area contributed by atoms with Gasteiger partial charge in [-0.2, -0.15) is 0 Å². The number of rotatable bonds is 5. The number of halogens is 1. The van der Waals surface area contributed by atoms with Crippen molar-refractivity contribution in [3.63, 3.8) is 0 Å². The lowest BCUT2D eigenvalue weighted by atomic mass is 10.0. The van der Waals surface area contributed by atoms with E-state index >= 15 is 0 Å². The Morgan fingerprint density at radius 3 is 2.14 bits per heavy atom. The molecule has 3 rings (SSSR count). The number of benzene rings is 3. The van der Waals surface area contributed by atoms with E-state index in [4.69, 9.17) is 0 Å². The fourth-order valence-corrected chi connectivity index (χ4v) is 4.81. The van der Waals surface area contributed by atoms with E-state index < -0.39 is 10.0 Å². The lowest BCUT2D eigenvalue weighted by Gasteiger charge is -2.22. The van der Waals surface area contributed by atoms with Crippen molar-refractivity contribution in [1.29, 1.82) is 0 Å². The predicted molar refractivity (Wildman–Crippen MR) is 120 cm³/mol. The molecule has 0 aliphatic carbocycles. The fourth-order valence-electron chi connectivity index (χ4n) is 2.96. The molecule has 0 fully saturated rings. The van der Waals surface area contributed by atoms with Crippen LogP contribution in [-0.4, -0.2) is 39.8 Å². The lowest BCUT2D eigenvalue weighted by molar-refractivity contribution is 0.0993. The molecule has 5 nitrogen and oxygen atoms in total. The maximum absolute atomic E-state index is 13.2. The summed E-state index contributed by atoms with van der Waals surface area (Å²) >= 11 is 3.28. The highest BCUT2D eigenvalue weighted by atomic mass is 79.9. The lowest BCUT2D eigenvalue weighted by Crippen LogP contribution is -2.28. The quantitative estimate of drug-likeness (QED) is 0.543. The molecule has 7 heteroatoms. The van der Waals surface area contributed by atoms with Crippen molar-refractivity contribution in [3.05, 3.63) is 82.8 Å². The Labute approximate surface area is 179 Å². The number of amides is 1. The minimum atomic E-state index is -3.69. The van der Waals surface area contributed by atoms with Gasteiger partial charge < -0.3 is 4.90 Å². The highest BCUT2D eigenvalue weighted by Gasteiger charge is 2.24. The van der Waals surface area contributed by atoms with E-state index in [1.807, 2.05) is 54.6 Å². The summed E-state index contributed by atoms with van der Waals surface area (Å²) in [6.45, 7) is 0. The molecular formula is C22H21BrN2O3S. The highest BCUT2D eigenvalue weighted by molar-refractivity contribution is 9.10. The summed E-state index contributed by atoms with van der Waals surface area (Å²) in [5.74, 6) is -0.295. The molecule has 3 aromatic rings. The standard InChI is InChI=1S/C22H21BrN2O3S/c1-24(2)29(27,28)21-15-17(13-14-19(21)23)22(26)25(3)20-12-8-7-11-18(20)16-9-5-4-6-10-16/h4-15H,1-3H3. The molecule has 0 unspecified atom stereocenters. The predicted octanol–water partition coefficient (Wildman–Crippen LogP) is 4.64. The van der Waals surface area contributed by atoms with Gasteiger partial charge in [0.2, 0.25) is 10.0 Å². The summed E-state index contributed by atoms with van der Waals surface area (Å²) < 4.78 is 26.7. The van der Waals surface area contributed by atoms with E-state index in [1.165, 1.54) is 25.1 Å². The summed E-state index contributed by atoms with van der Waals surface area (Å²) in [4.78, 5) is 14.8. The van der Waals surface area contributed by atoms with E-state index in [0.717, 1.165) is 21.1 Å². The van der Waals surface area contributed by atoms with Crippen molar-refractivity contribution < 1.29 is 13.2 Å². The molecule has 0 spiro atoms. The largest absolute Gasteiger partial charge is 0.311 e. The third kappa shape index (κ3) is 4.27. The molecule has 29 heavy (non-hydrogen) atoms. The van der Waals surface area contributed by atoms with Gasteiger partial charge in [-0.05, 0) is 45.8 Å². The molecule has 0 N–H and O–H groups in total. The molecule has 1 amide bonds. The third-order valence-corrected chi connectivity index (χ3v) is 7.40. The second-order valence-electron chi connectivity index (χ2n) is 6.68. The first-order chi connectivity index (χ1) is 13.7. The van der Waals surface area contributed by atoms with Crippen LogP contribution in [0.4, 0.5) is 5.69 Å². The molecule has 0 heterocycles. The Morgan fingerprint density at radius 2 is 1.48 bits per heavy atom. The van der Waals surface area contributed by atoms with Gasteiger partial charge >= 0.3 is 0 Å². The van der Waals surface area contributed by atoms with Crippen LogP contribution in [-0.2, 0) is 10.0 Å². The Bertz CT molecular complexity index is 1150. The van der Waals surface area contributed by atoms with Gasteiger partial charge in [-0.1, -0.05) is 48.5 Å². The summed E-state index contributed by atoms with van der Waals surface area (Å²) in [7, 11) is 0.911. The smallest absolute Gasteiger partial charge is 0.258 e. The van der Waals surface area contributed by atoms with Gasteiger partial charge in [0, 0.05) is 36.7 Å². The number of hydrogen-bond acceptors (Lipinski definition) is 3. The van der Waals surface area contributed by atoms with Crippen LogP contribution in [0.5, 0.6) is 0 Å². The van der Waals surface area contributed by atoms with E-state index in [0.29, 0.717) is 10.0 Å². The van der Waals surface area contributed by atoms with Gasteiger partial charge in [0.05, 0.1) is 10.6 Å². The number of sulfonamides is 1. The van der Waals surface area contributed by atoms with Gasteiger partial charge in [-0.3, -0.25) is 4.79 Å². The van der Waals surface area contributed by atoms with Gasteiger partial charge in [-0.25, -0.2) is 12.7 Å². The Balaban J connectivity index is 2.03. The summed E-state index contributed by atoms with van der Waals surface area (Å²) in [6.07, 6.45) is 0. The average Bonchev–Trinajstić information content (AvgIpc) is 2.73. The summed E-state index contributed by atoms with van der Waals surface area (Å²) in [5.41, 5.74) is 2.94. The number of nitrogens with zero attached hydrogens (tertiary/aromatic N) is 2. The maximum Gasteiger partial charge on any atom is 0.258 e. The number of carbonyl (C=O) groups excluding carboxylic acids is 1. The molecule has 0 saturated carbocycles. The second kappa shape index (κ2) is 8.49. The molecule has 0 aliphatic heterocycles. The molecule has 0 aromatic heterocycles. The van der Waals surface area contributed by atoms with Gasteiger partial charge in [-0.15, -0.1) is 0 Å². The van der Waals surface area contributed by atoms with Crippen LogP contribution in [0.1, 0.15) is 10.4 Å². The zero-order chi connectivity index (χ0) is 21.2. The van der Waals surface area contributed by atoms with Crippen LogP contribution >= 0.6 is 15.9 Å². The fraction of sp³-hybridized carbons (Fsp3) is 0.136. The first-order valence-corrected chi connectivity index (χ1v) is 11.1. The molecule has 3 aromatic carbocycles. The topological polar surface area (TPSA) is 57.7 Å². The van der Waals surface area contributed by atoms with Crippen molar-refractivity contribution in [2.24, 2.45) is 0 Å². The Kier molecular flexibility index (Phi) is 6.21. The minimum Gasteiger partial charge on any atom is -0.311 e. The monoisotopic (exact) mass is 472 g/mol. The number of anilines is 1. The van der Waals surface area contributed by atoms with E-state index in [9.17, 15) is 13.2 Å². The van der Waals surface area contributed by atoms with Crippen molar-refractivity contribution in [2.45, 2.75) is 4.90 Å². The van der Waals surface area contributed by atoms with Crippen LogP contribution in [0.2, 0.25) is 0 Å². The Morgan fingerprint density at radius 1 is 0.862 bits per heavy atom. The Hall–Kier alpha value is -2.48. The van der Waals surface area contributed by atoms with Crippen molar-refractivity contribution in [1.82, 2.24) is 4.31 Å². The maximum atomic E-state index is 13.2. The van der Waals surface area contributed by atoms with E-state index in [2.05, 4.69) is 15.9 Å². The van der Waals surface area contributed by atoms with Crippen LogP contribution in [0.15, 0.2) is 82.2 Å². The van der Waals surface area contributed by atoms with Crippen molar-refractivity contribution in [3.8, 4) is 11.1 Å². The number of carbonyl (C=O) groups is 1. The first-order valence-electron chi connectivity index (χ1n) is 8.88. The highest BCUT2D eigenvalue weighted by Crippen LogP contribution is 2.32. The summed E-state index contributed by atoms with van der Waals surface area (Å²) in [6, 6.07) is 22.0. The average molecular weight is 473 g/mol. The number of para-hydroxylation sites is 1. The van der Waals surface area contributed by atoms with Crippen LogP contribution in [0.3, 0.4) is 0 Å². The number of hydrogen-bond donors (Lipinski definition) is 0. The van der Waals surface area contributed by atoms with Crippen molar-refractivity contribution in [2.75, 3.05) is 26.0 Å². The summed E-state index contributed by atoms with van der Waals surface area (Å²) in [5, 5.41) is 0. The van der Waals surface area contributed by atoms with Crippen LogP contribution < -0.4 is 4.90 Å². The van der Waals surface area contributed by atoms with E-state index in [-0.39, 0.29) is 10.8 Å². The SMILES string of the molecule is CN(C(=O)c1ccc(Br)c(S(=O)(=O)N(C)C)c1)c1ccccc1-c1ccccc1. The molecule has 0 saturated heterocycles. The molecule has 0 radical (unpaired) electrons. The molecule has 150 valence electrons.